The molecule has 0 fully saturated rings. The number of carbonyl (C=O) groups excluding carboxylic acids is 1. The highest BCUT2D eigenvalue weighted by atomic mass is 16.5. The zero-order valence-corrected chi connectivity index (χ0v) is 13.3. The first-order valence-corrected chi connectivity index (χ1v) is 7.30. The Morgan fingerprint density at radius 1 is 1.00 bits per heavy atom. The molecule has 1 atom stereocenters. The Hall–Kier alpha value is -2.24. The zero-order chi connectivity index (χ0) is 16.7. The number of benzene rings is 1. The van der Waals surface area contributed by atoms with Gasteiger partial charge in [-0.25, -0.2) is 0 Å². The van der Waals surface area contributed by atoms with Crippen molar-refractivity contribution in [2.24, 2.45) is 5.92 Å². The van der Waals surface area contributed by atoms with Crippen molar-refractivity contribution in [1.82, 2.24) is 0 Å². The lowest BCUT2D eigenvalue weighted by atomic mass is 9.98. The molecule has 0 bridgehead atoms. The minimum atomic E-state index is -1.18. The van der Waals surface area contributed by atoms with Crippen molar-refractivity contribution < 1.29 is 28.9 Å². The summed E-state index contributed by atoms with van der Waals surface area (Å²) < 4.78 is 16.6. The third-order valence-electron chi connectivity index (χ3n) is 2.98. The van der Waals surface area contributed by atoms with E-state index < -0.39 is 17.7 Å². The summed E-state index contributed by atoms with van der Waals surface area (Å²) in [6.45, 7) is 7.88. The van der Waals surface area contributed by atoms with E-state index in [1.54, 1.807) is 19.9 Å². The predicted octanol–water partition coefficient (Wildman–Crippen LogP) is 2.79. The molecule has 0 aliphatic rings. The lowest BCUT2D eigenvalue weighted by Crippen LogP contribution is -2.21. The second kappa shape index (κ2) is 8.26. The fraction of sp³-hybridized carbons (Fsp3) is 0.500. The molecule has 0 saturated heterocycles. The lowest BCUT2D eigenvalue weighted by molar-refractivity contribution is -0.139. The molecule has 0 aliphatic carbocycles. The van der Waals surface area contributed by atoms with Crippen LogP contribution >= 0.6 is 0 Å². The van der Waals surface area contributed by atoms with E-state index in [0.29, 0.717) is 31.3 Å². The highest BCUT2D eigenvalue weighted by Gasteiger charge is 2.28. The largest absolute Gasteiger partial charge is 0.490 e. The third-order valence-corrected chi connectivity index (χ3v) is 2.98. The molecule has 1 aromatic rings. The van der Waals surface area contributed by atoms with Gasteiger partial charge in [-0.3, -0.25) is 9.59 Å². The van der Waals surface area contributed by atoms with E-state index in [2.05, 4.69) is 0 Å². The maximum Gasteiger partial charge on any atom is 0.314 e. The lowest BCUT2D eigenvalue weighted by Gasteiger charge is -2.18. The van der Waals surface area contributed by atoms with Crippen molar-refractivity contribution >= 4 is 11.8 Å². The molecular formula is C16H22O6. The molecule has 1 unspecified atom stereocenters. The summed E-state index contributed by atoms with van der Waals surface area (Å²) in [5, 5.41) is 9.03. The fourth-order valence-electron chi connectivity index (χ4n) is 1.92. The summed E-state index contributed by atoms with van der Waals surface area (Å²) in [7, 11) is 0. The quantitative estimate of drug-likeness (QED) is 0.558. The van der Waals surface area contributed by atoms with Crippen molar-refractivity contribution in [2.45, 2.75) is 27.7 Å². The van der Waals surface area contributed by atoms with Gasteiger partial charge in [0.2, 0.25) is 5.75 Å². The van der Waals surface area contributed by atoms with Crippen molar-refractivity contribution in [1.29, 1.82) is 0 Å². The molecule has 1 aromatic carbocycles. The molecule has 0 amide bonds. The van der Waals surface area contributed by atoms with E-state index in [0.717, 1.165) is 0 Å². The van der Waals surface area contributed by atoms with Crippen LogP contribution in [0.15, 0.2) is 12.1 Å². The highest BCUT2D eigenvalue weighted by Crippen LogP contribution is 2.41. The van der Waals surface area contributed by atoms with Crippen LogP contribution < -0.4 is 14.2 Å². The number of ketones is 1. The average Bonchev–Trinajstić information content (AvgIpc) is 2.49. The molecule has 0 heterocycles. The normalized spacial score (nSPS) is 11.6. The number of aliphatic carboxylic acids is 1. The number of Topliss-reactive ketones (excluding diaryl/α,β-unsaturated/α-hetero) is 1. The third kappa shape index (κ3) is 3.90. The molecule has 0 spiro atoms. The van der Waals surface area contributed by atoms with Gasteiger partial charge in [-0.1, -0.05) is 0 Å². The summed E-state index contributed by atoms with van der Waals surface area (Å²) in [4.78, 5) is 23.4. The van der Waals surface area contributed by atoms with E-state index in [-0.39, 0.29) is 11.3 Å². The predicted molar refractivity (Wildman–Crippen MR) is 81.1 cm³/mol. The first kappa shape index (κ1) is 17.8. The number of carbonyl (C=O) groups is 2. The van der Waals surface area contributed by atoms with Gasteiger partial charge < -0.3 is 19.3 Å². The summed E-state index contributed by atoms with van der Waals surface area (Å²) in [6, 6.07) is 3.11. The van der Waals surface area contributed by atoms with Crippen LogP contribution in [0, 0.1) is 5.92 Å². The Morgan fingerprint density at radius 2 is 1.55 bits per heavy atom. The molecule has 6 nitrogen and oxygen atoms in total. The van der Waals surface area contributed by atoms with Crippen LogP contribution in [-0.2, 0) is 4.79 Å². The number of carboxylic acid groups (broad SMARTS) is 1. The molecule has 0 saturated carbocycles. The number of hydrogen-bond donors (Lipinski definition) is 1. The van der Waals surface area contributed by atoms with E-state index >= 15 is 0 Å². The van der Waals surface area contributed by atoms with Gasteiger partial charge in [-0.15, -0.1) is 0 Å². The molecule has 6 heteroatoms. The van der Waals surface area contributed by atoms with E-state index in [4.69, 9.17) is 19.3 Å². The van der Waals surface area contributed by atoms with Gasteiger partial charge in [-0.2, -0.15) is 0 Å². The Kier molecular flexibility index (Phi) is 6.69. The zero-order valence-electron chi connectivity index (χ0n) is 13.3. The van der Waals surface area contributed by atoms with Crippen LogP contribution in [0.3, 0.4) is 0 Å². The number of rotatable bonds is 9. The monoisotopic (exact) mass is 310 g/mol. The Morgan fingerprint density at radius 3 is 2.05 bits per heavy atom. The molecule has 0 radical (unpaired) electrons. The van der Waals surface area contributed by atoms with Crippen LogP contribution in [0.1, 0.15) is 38.1 Å². The van der Waals surface area contributed by atoms with Crippen LogP contribution in [0.5, 0.6) is 17.2 Å². The molecule has 1 rings (SSSR count). The molecule has 1 N–H and O–H groups in total. The van der Waals surface area contributed by atoms with Gasteiger partial charge in [0.15, 0.2) is 17.3 Å². The topological polar surface area (TPSA) is 82.1 Å². The summed E-state index contributed by atoms with van der Waals surface area (Å²) >= 11 is 0. The molecule has 22 heavy (non-hydrogen) atoms. The minimum absolute atomic E-state index is 0.184. The summed E-state index contributed by atoms with van der Waals surface area (Å²) in [5.74, 6) is -1.85. The van der Waals surface area contributed by atoms with Crippen LogP contribution in [0.25, 0.3) is 0 Å². The van der Waals surface area contributed by atoms with Gasteiger partial charge in [-0.05, 0) is 39.8 Å². The second-order valence-corrected chi connectivity index (χ2v) is 4.49. The average molecular weight is 310 g/mol. The van der Waals surface area contributed by atoms with E-state index in [1.807, 2.05) is 6.92 Å². The molecule has 0 aromatic heterocycles. The maximum absolute atomic E-state index is 12.4. The first-order chi connectivity index (χ1) is 10.5. The first-order valence-electron chi connectivity index (χ1n) is 7.30. The van der Waals surface area contributed by atoms with Gasteiger partial charge in [0.1, 0.15) is 5.92 Å². The second-order valence-electron chi connectivity index (χ2n) is 4.49. The van der Waals surface area contributed by atoms with Gasteiger partial charge >= 0.3 is 5.97 Å². The van der Waals surface area contributed by atoms with Crippen molar-refractivity contribution in [3.05, 3.63) is 17.7 Å². The van der Waals surface area contributed by atoms with E-state index in [9.17, 15) is 9.59 Å². The van der Waals surface area contributed by atoms with Crippen molar-refractivity contribution in [2.75, 3.05) is 19.8 Å². The van der Waals surface area contributed by atoms with Crippen molar-refractivity contribution in [3.8, 4) is 17.2 Å². The Labute approximate surface area is 130 Å². The molecular weight excluding hydrogens is 288 g/mol. The van der Waals surface area contributed by atoms with E-state index in [1.165, 1.54) is 13.0 Å². The Balaban J connectivity index is 3.41. The summed E-state index contributed by atoms with van der Waals surface area (Å²) in [6.07, 6.45) is 0. The van der Waals surface area contributed by atoms with Gasteiger partial charge in [0.25, 0.3) is 0 Å². The number of hydrogen-bond acceptors (Lipinski definition) is 5. The SMILES string of the molecule is CCOc1ccc(C(=O)C(C)C(=O)O)c(OCC)c1OCC. The number of carboxylic acids is 1. The van der Waals surface area contributed by atoms with Crippen LogP contribution in [0.4, 0.5) is 0 Å². The maximum atomic E-state index is 12.4. The number of ether oxygens (including phenoxy) is 3. The van der Waals surface area contributed by atoms with Crippen molar-refractivity contribution in [3.63, 3.8) is 0 Å². The van der Waals surface area contributed by atoms with Crippen LogP contribution in [0.2, 0.25) is 0 Å². The van der Waals surface area contributed by atoms with Gasteiger partial charge in [0.05, 0.1) is 25.4 Å². The highest BCUT2D eigenvalue weighted by molar-refractivity contribution is 6.10. The molecule has 0 aliphatic heterocycles. The smallest absolute Gasteiger partial charge is 0.314 e. The fourth-order valence-corrected chi connectivity index (χ4v) is 1.92. The summed E-state index contributed by atoms with van der Waals surface area (Å²) in [5.41, 5.74) is 0.184. The van der Waals surface area contributed by atoms with Gasteiger partial charge in [0, 0.05) is 0 Å². The Bertz CT molecular complexity index is 538. The van der Waals surface area contributed by atoms with Crippen LogP contribution in [-0.4, -0.2) is 36.7 Å². The molecule has 122 valence electrons. The minimum Gasteiger partial charge on any atom is -0.490 e. The standard InChI is InChI=1S/C16H22O6/c1-5-20-12-9-8-11(13(17)10(4)16(18)19)14(21-6-2)15(12)22-7-3/h8-10H,5-7H2,1-4H3,(H,18,19).